The molecule has 4 rings (SSSR count). The van der Waals surface area contributed by atoms with Crippen molar-refractivity contribution in [3.63, 3.8) is 0 Å². The van der Waals surface area contributed by atoms with E-state index in [2.05, 4.69) is 24.4 Å². The molecule has 6 nitrogen and oxygen atoms in total. The fourth-order valence-electron chi connectivity index (χ4n) is 1.91. The van der Waals surface area contributed by atoms with Crippen molar-refractivity contribution in [3.05, 3.63) is 103 Å². The number of hydrogen-bond acceptors (Lipinski definition) is 6. The molecular weight excluding hydrogens is 576 g/mol. The SMILES string of the molecule is Cn1sc2ccccc2c1=O.[Ag].[O-]n1ccccc1=S.[O-]n1ccccc1=S.[Zn+2]. The van der Waals surface area contributed by atoms with Crippen molar-refractivity contribution in [2.45, 2.75) is 0 Å². The molecule has 0 aliphatic carbocycles. The number of aryl methyl sites for hydroxylation is 1. The molecule has 1 radical (unpaired) electrons. The van der Waals surface area contributed by atoms with Crippen LogP contribution in [0.15, 0.2) is 77.9 Å². The monoisotopic (exact) mass is 588 g/mol. The van der Waals surface area contributed by atoms with Crippen LogP contribution in [-0.2, 0) is 48.9 Å². The van der Waals surface area contributed by atoms with Gasteiger partial charge in [-0.05, 0) is 48.8 Å². The zero-order chi connectivity index (χ0) is 19.8. The van der Waals surface area contributed by atoms with E-state index in [4.69, 9.17) is 0 Å². The fourth-order valence-corrected chi connectivity index (χ4v) is 3.06. The predicted octanol–water partition coefficient (Wildman–Crippen LogP) is 4.72. The molecular formula is C18H15AgN3O3S3Zn. The molecule has 0 aliphatic rings. The van der Waals surface area contributed by atoms with E-state index in [-0.39, 0.29) is 47.4 Å². The number of rotatable bonds is 0. The Labute approximate surface area is 210 Å². The summed E-state index contributed by atoms with van der Waals surface area (Å²) in [5.41, 5.74) is 0.102. The van der Waals surface area contributed by atoms with Gasteiger partial charge in [-0.1, -0.05) is 60.2 Å². The third kappa shape index (κ3) is 8.48. The van der Waals surface area contributed by atoms with Crippen LogP contribution in [0.1, 0.15) is 0 Å². The Hall–Kier alpha value is -1.39. The van der Waals surface area contributed by atoms with Crippen LogP contribution >= 0.6 is 36.0 Å². The minimum Gasteiger partial charge on any atom is -0.805 e. The Kier molecular flexibility index (Phi) is 13.1. The van der Waals surface area contributed by atoms with E-state index in [0.29, 0.717) is 18.7 Å². The third-order valence-electron chi connectivity index (χ3n) is 3.22. The van der Waals surface area contributed by atoms with E-state index in [0.717, 1.165) is 10.1 Å². The second-order valence-corrected chi connectivity index (χ2v) is 7.13. The van der Waals surface area contributed by atoms with Gasteiger partial charge in [0.2, 0.25) is 0 Å². The van der Waals surface area contributed by atoms with Crippen LogP contribution in [-0.4, -0.2) is 13.4 Å². The maximum atomic E-state index is 11.3. The summed E-state index contributed by atoms with van der Waals surface area (Å²) < 4.78 is 4.62. The summed E-state index contributed by atoms with van der Waals surface area (Å²) in [7, 11) is 1.78. The van der Waals surface area contributed by atoms with Crippen molar-refractivity contribution in [1.82, 2.24) is 13.4 Å². The van der Waals surface area contributed by atoms with Gasteiger partial charge in [-0.3, -0.25) is 8.75 Å². The average Bonchev–Trinajstić information content (AvgIpc) is 2.96. The average molecular weight is 591 g/mol. The molecule has 0 saturated carbocycles. The number of hydrogen-bond donors (Lipinski definition) is 0. The van der Waals surface area contributed by atoms with Crippen molar-refractivity contribution < 1.29 is 41.9 Å². The van der Waals surface area contributed by atoms with Crippen LogP contribution in [0.25, 0.3) is 10.1 Å². The summed E-state index contributed by atoms with van der Waals surface area (Å²) in [5, 5.41) is 21.7. The molecule has 0 fully saturated rings. The van der Waals surface area contributed by atoms with E-state index in [1.165, 1.54) is 23.9 Å². The van der Waals surface area contributed by atoms with Gasteiger partial charge in [0.1, 0.15) is 9.28 Å². The fraction of sp³-hybridized carbons (Fsp3) is 0.0556. The van der Waals surface area contributed by atoms with Crippen molar-refractivity contribution in [3.8, 4) is 0 Å². The number of nitrogens with zero attached hydrogens (tertiary/aromatic N) is 3. The second kappa shape index (κ2) is 13.8. The zero-order valence-corrected chi connectivity index (χ0v) is 22.1. The second-order valence-electron chi connectivity index (χ2n) is 5.12. The van der Waals surface area contributed by atoms with Gasteiger partial charge >= 0.3 is 19.5 Å². The topological polar surface area (TPSA) is 78.0 Å². The summed E-state index contributed by atoms with van der Waals surface area (Å²) in [6.07, 6.45) is 2.75. The molecule has 1 aromatic carbocycles. The normalized spacial score (nSPS) is 9.00. The molecule has 11 heteroatoms. The Morgan fingerprint density at radius 2 is 1.28 bits per heavy atom. The quantitative estimate of drug-likeness (QED) is 0.219. The molecule has 0 spiro atoms. The zero-order valence-electron chi connectivity index (χ0n) is 15.2. The molecule has 3 aromatic heterocycles. The van der Waals surface area contributed by atoms with Crippen LogP contribution in [0.5, 0.6) is 0 Å². The van der Waals surface area contributed by atoms with Gasteiger partial charge in [0, 0.05) is 29.4 Å². The summed E-state index contributed by atoms with van der Waals surface area (Å²) in [6.45, 7) is 0. The molecule has 0 aliphatic heterocycles. The number of fused-ring (bicyclic) bond motifs is 1. The van der Waals surface area contributed by atoms with E-state index in [1.54, 1.807) is 47.4 Å². The molecule has 0 saturated heterocycles. The molecule has 4 aromatic rings. The standard InChI is InChI=1S/C8H7NOS.2C5H4NOS.Ag.Zn/c1-9-8(10)6-4-2-3-5-7(6)11-9;2*7-6-4-2-1-3-5(6)8;;/h2-5H,1H3;2*1-4H;;/q;2*-1;;+2. The van der Waals surface area contributed by atoms with Gasteiger partial charge in [-0.25, -0.2) is 0 Å². The molecule has 0 amide bonds. The van der Waals surface area contributed by atoms with E-state index < -0.39 is 0 Å². The van der Waals surface area contributed by atoms with Crippen LogP contribution in [0, 0.1) is 19.7 Å². The van der Waals surface area contributed by atoms with Crippen LogP contribution in [0.4, 0.5) is 0 Å². The Bertz CT molecular complexity index is 1150. The molecule has 0 bridgehead atoms. The predicted molar refractivity (Wildman–Crippen MR) is 115 cm³/mol. The van der Waals surface area contributed by atoms with Gasteiger partial charge in [0.25, 0.3) is 5.56 Å². The Morgan fingerprint density at radius 3 is 1.66 bits per heavy atom. The summed E-state index contributed by atoms with van der Waals surface area (Å²) >= 11 is 10.7. The summed E-state index contributed by atoms with van der Waals surface area (Å²) in [6, 6.07) is 17.6. The molecule has 151 valence electrons. The van der Waals surface area contributed by atoms with E-state index >= 15 is 0 Å². The Balaban J connectivity index is 0.000000400. The first-order valence-corrected chi connectivity index (χ1v) is 9.24. The molecule has 3 heterocycles. The van der Waals surface area contributed by atoms with Crippen molar-refractivity contribution in [2.75, 3.05) is 0 Å². The van der Waals surface area contributed by atoms with E-state index in [9.17, 15) is 15.2 Å². The van der Waals surface area contributed by atoms with Crippen molar-refractivity contribution >= 4 is 46.1 Å². The number of pyridine rings is 2. The third-order valence-corrected chi connectivity index (χ3v) is 4.84. The minimum atomic E-state index is 0. The molecule has 0 unspecified atom stereocenters. The summed E-state index contributed by atoms with van der Waals surface area (Å²) in [5.74, 6) is 0. The van der Waals surface area contributed by atoms with Gasteiger partial charge in [-0.2, -0.15) is 0 Å². The molecule has 29 heavy (non-hydrogen) atoms. The maximum Gasteiger partial charge on any atom is 2.00 e. The maximum absolute atomic E-state index is 11.3. The number of aromatic nitrogens is 3. The number of benzene rings is 1. The molecule has 0 atom stereocenters. The van der Waals surface area contributed by atoms with Crippen LogP contribution in [0.2, 0.25) is 0 Å². The summed E-state index contributed by atoms with van der Waals surface area (Å²) in [4.78, 5) is 11.3. The van der Waals surface area contributed by atoms with Crippen molar-refractivity contribution in [1.29, 1.82) is 0 Å². The van der Waals surface area contributed by atoms with Gasteiger partial charge < -0.3 is 19.9 Å². The van der Waals surface area contributed by atoms with Crippen LogP contribution < -0.4 is 5.56 Å². The van der Waals surface area contributed by atoms with E-state index in [1.807, 2.05) is 24.3 Å². The van der Waals surface area contributed by atoms with Gasteiger partial charge in [0.05, 0.1) is 10.1 Å². The first-order valence-electron chi connectivity index (χ1n) is 7.65. The first-order chi connectivity index (χ1) is 12.9. The van der Waals surface area contributed by atoms with Crippen LogP contribution in [0.3, 0.4) is 0 Å². The van der Waals surface area contributed by atoms with Gasteiger partial charge in [-0.15, -0.1) is 0 Å². The first kappa shape index (κ1) is 27.6. The largest absolute Gasteiger partial charge is 2.00 e. The molecule has 0 N–H and O–H groups in total. The van der Waals surface area contributed by atoms with Gasteiger partial charge in [0.15, 0.2) is 0 Å². The Morgan fingerprint density at radius 1 is 0.828 bits per heavy atom. The minimum absolute atomic E-state index is 0. The smallest absolute Gasteiger partial charge is 0.805 e. The van der Waals surface area contributed by atoms with Crippen molar-refractivity contribution in [2.24, 2.45) is 7.05 Å².